The van der Waals surface area contributed by atoms with E-state index in [1.165, 1.54) is 23.5 Å². The minimum absolute atomic E-state index is 0.0951. The van der Waals surface area contributed by atoms with E-state index in [1.807, 2.05) is 13.0 Å². The number of carbonyl (C=O) groups is 2. The van der Waals surface area contributed by atoms with Gasteiger partial charge in [0.15, 0.2) is 6.61 Å². The molecule has 0 atom stereocenters. The molecule has 2 rings (SSSR count). The van der Waals surface area contributed by atoms with Crippen molar-refractivity contribution in [2.45, 2.75) is 26.7 Å². The first-order valence-electron chi connectivity index (χ1n) is 7.42. The summed E-state index contributed by atoms with van der Waals surface area (Å²) in [6, 6.07) is 5.62. The summed E-state index contributed by atoms with van der Waals surface area (Å²) in [5.74, 6) is -1.62. The van der Waals surface area contributed by atoms with Crippen LogP contribution in [0.4, 0.5) is 10.1 Å². The molecule has 1 heterocycles. The maximum Gasteiger partial charge on any atom is 0.348 e. The molecule has 1 amide bonds. The van der Waals surface area contributed by atoms with Crippen LogP contribution in [-0.4, -0.2) is 18.5 Å². The lowest BCUT2D eigenvalue weighted by molar-refractivity contribution is -0.119. The van der Waals surface area contributed by atoms with E-state index in [0.717, 1.165) is 29.3 Å². The SMILES string of the molecule is CCCc1cc(C(=O)OCC(=O)Nc2ccc(F)c(Cl)c2)sc1C. The van der Waals surface area contributed by atoms with Crippen LogP contribution in [0.1, 0.15) is 33.5 Å². The van der Waals surface area contributed by atoms with Gasteiger partial charge in [0.1, 0.15) is 10.7 Å². The molecule has 128 valence electrons. The number of amides is 1. The Labute approximate surface area is 148 Å². The smallest absolute Gasteiger partial charge is 0.348 e. The monoisotopic (exact) mass is 369 g/mol. The first kappa shape index (κ1) is 18.4. The summed E-state index contributed by atoms with van der Waals surface area (Å²) >= 11 is 6.99. The highest BCUT2D eigenvalue weighted by molar-refractivity contribution is 7.14. The predicted molar refractivity (Wildman–Crippen MR) is 93.4 cm³/mol. The zero-order chi connectivity index (χ0) is 17.7. The van der Waals surface area contributed by atoms with E-state index in [0.29, 0.717) is 10.6 Å². The molecule has 0 fully saturated rings. The standard InChI is InChI=1S/C17H17ClFNO3S/c1-3-4-11-7-15(24-10(11)2)17(22)23-9-16(21)20-12-5-6-14(19)13(18)8-12/h5-8H,3-4,9H2,1-2H3,(H,20,21). The Morgan fingerprint density at radius 1 is 1.33 bits per heavy atom. The molecule has 0 saturated heterocycles. The van der Waals surface area contributed by atoms with Gasteiger partial charge in [-0.05, 0) is 43.2 Å². The van der Waals surface area contributed by atoms with Gasteiger partial charge in [-0.25, -0.2) is 9.18 Å². The minimum Gasteiger partial charge on any atom is -0.451 e. The second-order valence-electron chi connectivity index (χ2n) is 5.20. The quantitative estimate of drug-likeness (QED) is 0.757. The Hall–Kier alpha value is -1.92. The number of hydrogen-bond donors (Lipinski definition) is 1. The van der Waals surface area contributed by atoms with Crippen LogP contribution in [0.2, 0.25) is 5.02 Å². The molecule has 0 aliphatic carbocycles. The van der Waals surface area contributed by atoms with Crippen LogP contribution in [0.3, 0.4) is 0 Å². The van der Waals surface area contributed by atoms with Crippen LogP contribution in [-0.2, 0) is 16.0 Å². The molecule has 1 aromatic carbocycles. The number of nitrogens with one attached hydrogen (secondary N) is 1. The van der Waals surface area contributed by atoms with Crippen molar-refractivity contribution >= 4 is 40.5 Å². The van der Waals surface area contributed by atoms with Gasteiger partial charge in [0.2, 0.25) is 0 Å². The summed E-state index contributed by atoms with van der Waals surface area (Å²) in [5, 5.41) is 2.39. The van der Waals surface area contributed by atoms with Gasteiger partial charge in [-0.15, -0.1) is 11.3 Å². The molecule has 0 bridgehead atoms. The van der Waals surface area contributed by atoms with E-state index < -0.39 is 24.3 Å². The topological polar surface area (TPSA) is 55.4 Å². The highest BCUT2D eigenvalue weighted by Gasteiger charge is 2.15. The molecule has 2 aromatic rings. The zero-order valence-corrected chi connectivity index (χ0v) is 14.9. The van der Waals surface area contributed by atoms with Crippen molar-refractivity contribution in [2.75, 3.05) is 11.9 Å². The Kier molecular flexibility index (Phi) is 6.34. The third-order valence-corrected chi connectivity index (χ3v) is 4.64. The number of anilines is 1. The number of ether oxygens (including phenoxy) is 1. The zero-order valence-electron chi connectivity index (χ0n) is 13.3. The van der Waals surface area contributed by atoms with Gasteiger partial charge in [0.05, 0.1) is 5.02 Å². The molecular weight excluding hydrogens is 353 g/mol. The molecule has 24 heavy (non-hydrogen) atoms. The van der Waals surface area contributed by atoms with E-state index in [4.69, 9.17) is 16.3 Å². The fraction of sp³-hybridized carbons (Fsp3) is 0.294. The van der Waals surface area contributed by atoms with Crippen LogP contribution in [0.15, 0.2) is 24.3 Å². The Morgan fingerprint density at radius 3 is 2.75 bits per heavy atom. The second-order valence-corrected chi connectivity index (χ2v) is 6.86. The molecular formula is C17H17ClFNO3S. The van der Waals surface area contributed by atoms with Crippen LogP contribution < -0.4 is 5.32 Å². The maximum absolute atomic E-state index is 13.1. The van der Waals surface area contributed by atoms with Crippen molar-refractivity contribution < 1.29 is 18.7 Å². The highest BCUT2D eigenvalue weighted by atomic mass is 35.5. The molecule has 0 spiro atoms. The number of hydrogen-bond acceptors (Lipinski definition) is 4. The van der Waals surface area contributed by atoms with Gasteiger partial charge in [0, 0.05) is 10.6 Å². The van der Waals surface area contributed by atoms with Crippen LogP contribution in [0.25, 0.3) is 0 Å². The summed E-state index contributed by atoms with van der Waals surface area (Å²) in [5.41, 5.74) is 1.46. The molecule has 0 saturated carbocycles. The molecule has 0 radical (unpaired) electrons. The van der Waals surface area contributed by atoms with Gasteiger partial charge >= 0.3 is 5.97 Å². The summed E-state index contributed by atoms with van der Waals surface area (Å²) in [6.07, 6.45) is 1.90. The lowest BCUT2D eigenvalue weighted by Crippen LogP contribution is -2.20. The third-order valence-electron chi connectivity index (χ3n) is 3.28. The Bertz CT molecular complexity index is 760. The average molecular weight is 370 g/mol. The van der Waals surface area contributed by atoms with E-state index in [-0.39, 0.29) is 5.02 Å². The first-order chi connectivity index (χ1) is 11.4. The first-order valence-corrected chi connectivity index (χ1v) is 8.61. The van der Waals surface area contributed by atoms with Crippen LogP contribution >= 0.6 is 22.9 Å². The number of esters is 1. The van der Waals surface area contributed by atoms with Gasteiger partial charge in [-0.1, -0.05) is 24.9 Å². The van der Waals surface area contributed by atoms with Gasteiger partial charge in [0.25, 0.3) is 5.91 Å². The van der Waals surface area contributed by atoms with E-state index in [1.54, 1.807) is 0 Å². The van der Waals surface area contributed by atoms with Crippen LogP contribution in [0.5, 0.6) is 0 Å². The van der Waals surface area contributed by atoms with Crippen molar-refractivity contribution in [3.8, 4) is 0 Å². The van der Waals surface area contributed by atoms with Crippen molar-refractivity contribution in [2.24, 2.45) is 0 Å². The third kappa shape index (κ3) is 4.79. The number of rotatable bonds is 6. The number of halogens is 2. The van der Waals surface area contributed by atoms with Crippen molar-refractivity contribution in [1.29, 1.82) is 0 Å². The average Bonchev–Trinajstić information content (AvgIpc) is 2.90. The lowest BCUT2D eigenvalue weighted by atomic mass is 10.1. The fourth-order valence-corrected chi connectivity index (χ4v) is 3.26. The van der Waals surface area contributed by atoms with Gasteiger partial charge in [-0.3, -0.25) is 4.79 Å². The maximum atomic E-state index is 13.1. The second kappa shape index (κ2) is 8.26. The fourth-order valence-electron chi connectivity index (χ4n) is 2.11. The summed E-state index contributed by atoms with van der Waals surface area (Å²) in [4.78, 5) is 25.4. The number of thiophene rings is 1. The van der Waals surface area contributed by atoms with E-state index >= 15 is 0 Å². The van der Waals surface area contributed by atoms with E-state index in [9.17, 15) is 14.0 Å². The normalized spacial score (nSPS) is 10.5. The minimum atomic E-state index is -0.572. The summed E-state index contributed by atoms with van der Waals surface area (Å²) in [6.45, 7) is 3.60. The highest BCUT2D eigenvalue weighted by Crippen LogP contribution is 2.23. The number of carbonyl (C=O) groups excluding carboxylic acids is 2. The molecule has 4 nitrogen and oxygen atoms in total. The molecule has 7 heteroatoms. The van der Waals surface area contributed by atoms with Crippen molar-refractivity contribution in [3.63, 3.8) is 0 Å². The van der Waals surface area contributed by atoms with Gasteiger partial charge in [-0.2, -0.15) is 0 Å². The van der Waals surface area contributed by atoms with Crippen molar-refractivity contribution in [1.82, 2.24) is 0 Å². The van der Waals surface area contributed by atoms with E-state index in [2.05, 4.69) is 12.2 Å². The number of aryl methyl sites for hydroxylation is 2. The lowest BCUT2D eigenvalue weighted by Gasteiger charge is -2.06. The summed E-state index contributed by atoms with van der Waals surface area (Å²) < 4.78 is 18.1. The molecule has 0 aliphatic heterocycles. The Balaban J connectivity index is 1.90. The molecule has 1 N–H and O–H groups in total. The predicted octanol–water partition coefficient (Wildman–Crippen LogP) is 4.60. The molecule has 0 aliphatic rings. The largest absolute Gasteiger partial charge is 0.451 e. The number of benzene rings is 1. The molecule has 0 unspecified atom stereocenters. The summed E-state index contributed by atoms with van der Waals surface area (Å²) in [7, 11) is 0. The van der Waals surface area contributed by atoms with Crippen molar-refractivity contribution in [3.05, 3.63) is 50.4 Å². The Morgan fingerprint density at radius 2 is 2.08 bits per heavy atom. The molecule has 1 aromatic heterocycles. The van der Waals surface area contributed by atoms with Crippen LogP contribution in [0, 0.1) is 12.7 Å². The van der Waals surface area contributed by atoms with Gasteiger partial charge < -0.3 is 10.1 Å².